The Balaban J connectivity index is 1.56. The van der Waals surface area contributed by atoms with Crippen LogP contribution in [0.3, 0.4) is 0 Å². The maximum Gasteiger partial charge on any atom is 0.234 e. The molecule has 1 amide bonds. The van der Waals surface area contributed by atoms with E-state index in [4.69, 9.17) is 11.6 Å². The Hall–Kier alpha value is -1.50. The number of nitrogens with one attached hydrogen (secondary N) is 1. The molecular formula is C20H22ClNO3S2. The van der Waals surface area contributed by atoms with Gasteiger partial charge in [0.25, 0.3) is 0 Å². The molecule has 0 saturated heterocycles. The van der Waals surface area contributed by atoms with Gasteiger partial charge in [-0.05, 0) is 48.7 Å². The third-order valence-corrected chi connectivity index (χ3v) is 8.08. The summed E-state index contributed by atoms with van der Waals surface area (Å²) in [5.74, 6) is 0.813. The first-order chi connectivity index (χ1) is 12.9. The van der Waals surface area contributed by atoms with Crippen LogP contribution in [0.2, 0.25) is 5.02 Å². The van der Waals surface area contributed by atoms with Gasteiger partial charge >= 0.3 is 0 Å². The van der Waals surface area contributed by atoms with Crippen molar-refractivity contribution in [2.45, 2.75) is 41.6 Å². The zero-order valence-corrected chi connectivity index (χ0v) is 17.2. The maximum atomic E-state index is 12.7. The predicted molar refractivity (Wildman–Crippen MR) is 112 cm³/mol. The Morgan fingerprint density at radius 1 is 1.11 bits per heavy atom. The molecule has 7 heteroatoms. The third kappa shape index (κ3) is 5.50. The highest BCUT2D eigenvalue weighted by molar-refractivity contribution is 7.99. The highest BCUT2D eigenvalue weighted by Gasteiger charge is 2.30. The van der Waals surface area contributed by atoms with Crippen LogP contribution in [0.25, 0.3) is 0 Å². The largest absolute Gasteiger partial charge is 0.325 e. The molecule has 0 aliphatic heterocycles. The van der Waals surface area contributed by atoms with Gasteiger partial charge in [0, 0.05) is 16.5 Å². The highest BCUT2D eigenvalue weighted by Crippen LogP contribution is 2.30. The van der Waals surface area contributed by atoms with Crippen LogP contribution in [-0.4, -0.2) is 25.3 Å². The van der Waals surface area contributed by atoms with E-state index in [1.54, 1.807) is 24.3 Å². The van der Waals surface area contributed by atoms with E-state index in [1.165, 1.54) is 11.8 Å². The van der Waals surface area contributed by atoms with E-state index in [0.717, 1.165) is 31.2 Å². The summed E-state index contributed by atoms with van der Waals surface area (Å²) in [7, 11) is -3.32. The number of benzene rings is 2. The summed E-state index contributed by atoms with van der Waals surface area (Å²) in [5.41, 5.74) is 1.58. The quantitative estimate of drug-likeness (QED) is 0.685. The lowest BCUT2D eigenvalue weighted by Gasteiger charge is -2.12. The first-order valence-corrected chi connectivity index (χ1v) is 12.0. The van der Waals surface area contributed by atoms with E-state index in [2.05, 4.69) is 5.32 Å². The van der Waals surface area contributed by atoms with Gasteiger partial charge in [-0.25, -0.2) is 8.42 Å². The fraction of sp³-hybridized carbons (Fsp3) is 0.350. The van der Waals surface area contributed by atoms with E-state index < -0.39 is 9.84 Å². The molecule has 3 rings (SSSR count). The summed E-state index contributed by atoms with van der Waals surface area (Å²) in [6.45, 7) is 0. The Morgan fingerprint density at radius 3 is 2.59 bits per heavy atom. The van der Waals surface area contributed by atoms with Crippen LogP contribution in [0, 0.1) is 0 Å². The molecule has 4 nitrogen and oxygen atoms in total. The van der Waals surface area contributed by atoms with Gasteiger partial charge in [-0.1, -0.05) is 42.6 Å². The van der Waals surface area contributed by atoms with Crippen molar-refractivity contribution in [3.63, 3.8) is 0 Å². The first-order valence-electron chi connectivity index (χ1n) is 8.91. The molecule has 1 aliphatic rings. The molecular weight excluding hydrogens is 402 g/mol. The van der Waals surface area contributed by atoms with Gasteiger partial charge in [-0.3, -0.25) is 4.79 Å². The standard InChI is InChI=1S/C20H22ClNO3S2/c21-16-6-3-5-15(11-16)13-26-14-20(23)22-17-7-4-10-19(12-17)27(24,25)18-8-1-2-9-18/h3-7,10-12,18H,1-2,8-9,13-14H2,(H,22,23). The molecule has 1 aliphatic carbocycles. The number of carbonyl (C=O) groups is 1. The van der Waals surface area contributed by atoms with Crippen LogP contribution >= 0.6 is 23.4 Å². The smallest absolute Gasteiger partial charge is 0.234 e. The summed E-state index contributed by atoms with van der Waals surface area (Å²) in [5, 5.41) is 3.18. The number of hydrogen-bond acceptors (Lipinski definition) is 4. The van der Waals surface area contributed by atoms with Gasteiger partial charge in [0.1, 0.15) is 0 Å². The molecule has 0 spiro atoms. The van der Waals surface area contributed by atoms with Crippen LogP contribution in [0.15, 0.2) is 53.4 Å². The number of sulfone groups is 1. The highest BCUT2D eigenvalue weighted by atomic mass is 35.5. The Bertz CT molecular complexity index is 909. The van der Waals surface area contributed by atoms with E-state index >= 15 is 0 Å². The normalized spacial score (nSPS) is 15.0. The number of anilines is 1. The minimum atomic E-state index is -3.32. The maximum absolute atomic E-state index is 12.7. The summed E-state index contributed by atoms with van der Waals surface area (Å²) in [6.07, 6.45) is 3.37. The first kappa shape index (κ1) is 20.2. The number of carbonyl (C=O) groups excluding carboxylic acids is 1. The van der Waals surface area contributed by atoms with Crippen LogP contribution < -0.4 is 5.32 Å². The molecule has 1 fully saturated rings. The molecule has 2 aromatic carbocycles. The number of thioether (sulfide) groups is 1. The van der Waals surface area contributed by atoms with Crippen molar-refractivity contribution in [2.75, 3.05) is 11.1 Å². The molecule has 1 N–H and O–H groups in total. The summed E-state index contributed by atoms with van der Waals surface area (Å²) in [6, 6.07) is 14.1. The van der Waals surface area contributed by atoms with E-state index in [9.17, 15) is 13.2 Å². The fourth-order valence-electron chi connectivity index (χ4n) is 3.23. The van der Waals surface area contributed by atoms with Crippen molar-refractivity contribution < 1.29 is 13.2 Å². The average Bonchev–Trinajstić information content (AvgIpc) is 3.17. The van der Waals surface area contributed by atoms with Gasteiger partial charge in [0.15, 0.2) is 9.84 Å². The van der Waals surface area contributed by atoms with Gasteiger partial charge in [0.2, 0.25) is 5.91 Å². The molecule has 0 bridgehead atoms. The lowest BCUT2D eigenvalue weighted by molar-refractivity contribution is -0.113. The van der Waals surface area contributed by atoms with Crippen molar-refractivity contribution in [1.82, 2.24) is 0 Å². The second kappa shape index (κ2) is 9.13. The van der Waals surface area contributed by atoms with Crippen LogP contribution in [0.1, 0.15) is 31.2 Å². The molecule has 0 radical (unpaired) electrons. The van der Waals surface area contributed by atoms with Crippen LogP contribution in [0.5, 0.6) is 0 Å². The SMILES string of the molecule is O=C(CSCc1cccc(Cl)c1)Nc1cccc(S(=O)(=O)C2CCCC2)c1. The number of hydrogen-bond donors (Lipinski definition) is 1. The molecule has 0 aromatic heterocycles. The van der Waals surface area contributed by atoms with E-state index in [1.807, 2.05) is 24.3 Å². The topological polar surface area (TPSA) is 63.2 Å². The van der Waals surface area contributed by atoms with Gasteiger partial charge < -0.3 is 5.32 Å². The molecule has 1 saturated carbocycles. The molecule has 2 aromatic rings. The van der Waals surface area contributed by atoms with Crippen molar-refractivity contribution in [1.29, 1.82) is 0 Å². The van der Waals surface area contributed by atoms with Crippen LogP contribution in [0.4, 0.5) is 5.69 Å². The summed E-state index contributed by atoms with van der Waals surface area (Å²) < 4.78 is 25.4. The summed E-state index contributed by atoms with van der Waals surface area (Å²) >= 11 is 7.44. The lowest BCUT2D eigenvalue weighted by Crippen LogP contribution is -2.18. The second-order valence-electron chi connectivity index (χ2n) is 6.65. The van der Waals surface area contributed by atoms with E-state index in [0.29, 0.717) is 21.4 Å². The van der Waals surface area contributed by atoms with Gasteiger partial charge in [-0.2, -0.15) is 0 Å². The van der Waals surface area contributed by atoms with E-state index in [-0.39, 0.29) is 16.9 Å². The molecule has 0 unspecified atom stereocenters. The molecule has 27 heavy (non-hydrogen) atoms. The minimum absolute atomic E-state index is 0.155. The Morgan fingerprint density at radius 2 is 1.85 bits per heavy atom. The van der Waals surface area contributed by atoms with Crippen molar-refractivity contribution in [3.05, 3.63) is 59.1 Å². The zero-order valence-electron chi connectivity index (χ0n) is 14.9. The van der Waals surface area contributed by atoms with Gasteiger partial charge in [0.05, 0.1) is 15.9 Å². The molecule has 144 valence electrons. The average molecular weight is 424 g/mol. The van der Waals surface area contributed by atoms with Gasteiger partial charge in [-0.15, -0.1) is 11.8 Å². The van der Waals surface area contributed by atoms with Crippen LogP contribution in [-0.2, 0) is 20.4 Å². The third-order valence-electron chi connectivity index (χ3n) is 4.58. The van der Waals surface area contributed by atoms with Crippen molar-refractivity contribution >= 4 is 44.8 Å². The monoisotopic (exact) mass is 423 g/mol. The molecule has 0 atom stereocenters. The van der Waals surface area contributed by atoms with Crippen molar-refractivity contribution in [3.8, 4) is 0 Å². The number of rotatable bonds is 7. The Labute approximate surface area is 169 Å². The van der Waals surface area contributed by atoms with Crippen molar-refractivity contribution in [2.24, 2.45) is 0 Å². The lowest BCUT2D eigenvalue weighted by atomic mass is 10.2. The minimum Gasteiger partial charge on any atom is -0.325 e. The second-order valence-corrected chi connectivity index (χ2v) is 10.3. The summed E-state index contributed by atoms with van der Waals surface area (Å²) in [4.78, 5) is 12.5. The Kier molecular flexibility index (Phi) is 6.84. The fourth-order valence-corrected chi connectivity index (χ4v) is 6.11. The molecule has 0 heterocycles. The number of halogens is 1. The zero-order chi connectivity index (χ0) is 19.3. The number of amides is 1. The predicted octanol–water partition coefficient (Wildman–Crippen LogP) is 4.93.